The van der Waals surface area contributed by atoms with Crippen molar-refractivity contribution in [3.63, 3.8) is 0 Å². The molecule has 16 heavy (non-hydrogen) atoms. The molecular formula is C9H13N5O2. The number of hydrogen-bond donors (Lipinski definition) is 3. The second-order valence-electron chi connectivity index (χ2n) is 2.98. The maximum atomic E-state index is 11.1. The fourth-order valence-corrected chi connectivity index (χ4v) is 0.988. The number of carbonyl (C=O) groups excluding carboxylic acids is 2. The lowest BCUT2D eigenvalue weighted by molar-refractivity contribution is -0.119. The number of nitrogens with one attached hydrogen (secondary N) is 2. The van der Waals surface area contributed by atoms with Gasteiger partial charge in [-0.05, 0) is 19.1 Å². The number of anilines is 1. The fraction of sp³-hybridized carbons (Fsp3) is 0.333. The fourth-order valence-electron chi connectivity index (χ4n) is 0.988. The molecule has 0 aliphatic heterocycles. The molecule has 1 rings (SSSR count). The van der Waals surface area contributed by atoms with Gasteiger partial charge < -0.3 is 16.4 Å². The zero-order valence-electron chi connectivity index (χ0n) is 8.86. The molecule has 1 heterocycles. The summed E-state index contributed by atoms with van der Waals surface area (Å²) in [6, 6.07) is 2.97. The summed E-state index contributed by atoms with van der Waals surface area (Å²) in [7, 11) is 0. The molecule has 0 atom stereocenters. The van der Waals surface area contributed by atoms with Crippen LogP contribution in [0.15, 0.2) is 12.1 Å². The van der Waals surface area contributed by atoms with E-state index in [9.17, 15) is 9.59 Å². The first kappa shape index (κ1) is 11.9. The van der Waals surface area contributed by atoms with E-state index < -0.39 is 5.91 Å². The summed E-state index contributed by atoms with van der Waals surface area (Å²) in [6.07, 6.45) is 0. The molecule has 0 aliphatic carbocycles. The van der Waals surface area contributed by atoms with Gasteiger partial charge >= 0.3 is 0 Å². The molecular weight excluding hydrogens is 210 g/mol. The summed E-state index contributed by atoms with van der Waals surface area (Å²) < 4.78 is 0. The lowest BCUT2D eigenvalue weighted by Crippen LogP contribution is -2.29. The van der Waals surface area contributed by atoms with Gasteiger partial charge in [-0.15, -0.1) is 10.2 Å². The van der Waals surface area contributed by atoms with E-state index in [1.54, 1.807) is 0 Å². The van der Waals surface area contributed by atoms with Crippen molar-refractivity contribution in [2.45, 2.75) is 6.92 Å². The van der Waals surface area contributed by atoms with Crippen LogP contribution in [0.3, 0.4) is 0 Å². The summed E-state index contributed by atoms with van der Waals surface area (Å²) in [5, 5.41) is 12.7. The molecule has 0 radical (unpaired) electrons. The Morgan fingerprint density at radius 2 is 2.12 bits per heavy atom. The standard InChI is InChI=1S/C9H13N5O2/c1-2-11-8(15)5-12-7-4-3-6(9(10)16)13-14-7/h3-4H,2,5H2,1H3,(H2,10,16)(H,11,15)(H,12,14). The molecule has 0 saturated carbocycles. The first-order valence-electron chi connectivity index (χ1n) is 4.77. The third kappa shape index (κ3) is 3.52. The zero-order chi connectivity index (χ0) is 12.0. The minimum atomic E-state index is -0.636. The maximum Gasteiger partial charge on any atom is 0.269 e. The number of rotatable bonds is 5. The van der Waals surface area contributed by atoms with Gasteiger partial charge in [0.1, 0.15) is 5.82 Å². The second-order valence-corrected chi connectivity index (χ2v) is 2.98. The number of aromatic nitrogens is 2. The number of primary amides is 1. The Morgan fingerprint density at radius 1 is 1.38 bits per heavy atom. The predicted octanol–water partition coefficient (Wildman–Crippen LogP) is -0.876. The van der Waals surface area contributed by atoms with Crippen LogP contribution in [0.5, 0.6) is 0 Å². The summed E-state index contributed by atoms with van der Waals surface area (Å²) >= 11 is 0. The van der Waals surface area contributed by atoms with E-state index in [-0.39, 0.29) is 18.1 Å². The van der Waals surface area contributed by atoms with E-state index >= 15 is 0 Å². The second kappa shape index (κ2) is 5.64. The maximum absolute atomic E-state index is 11.1. The molecule has 0 aliphatic rings. The van der Waals surface area contributed by atoms with Crippen molar-refractivity contribution < 1.29 is 9.59 Å². The van der Waals surface area contributed by atoms with Crippen molar-refractivity contribution in [1.82, 2.24) is 15.5 Å². The molecule has 2 amide bonds. The molecule has 0 spiro atoms. The van der Waals surface area contributed by atoms with Crippen LogP contribution in [-0.2, 0) is 4.79 Å². The minimum Gasteiger partial charge on any atom is -0.364 e. The van der Waals surface area contributed by atoms with Crippen molar-refractivity contribution in [1.29, 1.82) is 0 Å². The van der Waals surface area contributed by atoms with Gasteiger partial charge in [0, 0.05) is 6.54 Å². The number of carbonyl (C=O) groups is 2. The van der Waals surface area contributed by atoms with Crippen LogP contribution in [0.25, 0.3) is 0 Å². The number of hydrogen-bond acceptors (Lipinski definition) is 5. The monoisotopic (exact) mass is 223 g/mol. The van der Waals surface area contributed by atoms with Gasteiger partial charge in [-0.1, -0.05) is 0 Å². The summed E-state index contributed by atoms with van der Waals surface area (Å²) in [5.74, 6) is -0.359. The number of amides is 2. The Kier molecular flexibility index (Phi) is 4.19. The van der Waals surface area contributed by atoms with Gasteiger partial charge in [0.05, 0.1) is 6.54 Å². The summed E-state index contributed by atoms with van der Waals surface area (Å²) in [4.78, 5) is 21.8. The van der Waals surface area contributed by atoms with E-state index in [1.807, 2.05) is 6.92 Å². The molecule has 7 heteroatoms. The number of nitrogens with zero attached hydrogens (tertiary/aromatic N) is 2. The largest absolute Gasteiger partial charge is 0.364 e. The van der Waals surface area contributed by atoms with Crippen molar-refractivity contribution in [3.05, 3.63) is 17.8 Å². The molecule has 1 aromatic rings. The van der Waals surface area contributed by atoms with Crippen molar-refractivity contribution in [2.75, 3.05) is 18.4 Å². The molecule has 4 N–H and O–H groups in total. The third-order valence-electron chi connectivity index (χ3n) is 1.72. The van der Waals surface area contributed by atoms with E-state index in [4.69, 9.17) is 5.73 Å². The number of likely N-dealkylation sites (N-methyl/N-ethyl adjacent to an activating group) is 1. The van der Waals surface area contributed by atoms with E-state index in [0.29, 0.717) is 12.4 Å². The zero-order valence-corrected chi connectivity index (χ0v) is 8.86. The van der Waals surface area contributed by atoms with Crippen LogP contribution >= 0.6 is 0 Å². The van der Waals surface area contributed by atoms with Gasteiger partial charge in [0.25, 0.3) is 5.91 Å². The van der Waals surface area contributed by atoms with Crippen LogP contribution < -0.4 is 16.4 Å². The quantitative estimate of drug-likeness (QED) is 0.600. The van der Waals surface area contributed by atoms with Gasteiger partial charge in [-0.3, -0.25) is 9.59 Å². The van der Waals surface area contributed by atoms with Gasteiger partial charge in [-0.25, -0.2) is 0 Å². The molecule has 86 valence electrons. The van der Waals surface area contributed by atoms with Crippen LogP contribution in [0, 0.1) is 0 Å². The van der Waals surface area contributed by atoms with Crippen LogP contribution in [0.4, 0.5) is 5.82 Å². The van der Waals surface area contributed by atoms with Crippen LogP contribution in [-0.4, -0.2) is 35.1 Å². The first-order chi connectivity index (χ1) is 7.63. The molecule has 1 aromatic heterocycles. The molecule has 0 bridgehead atoms. The third-order valence-corrected chi connectivity index (χ3v) is 1.72. The molecule has 0 aromatic carbocycles. The van der Waals surface area contributed by atoms with Crippen LogP contribution in [0.2, 0.25) is 0 Å². The van der Waals surface area contributed by atoms with E-state index in [2.05, 4.69) is 20.8 Å². The van der Waals surface area contributed by atoms with E-state index in [0.717, 1.165) is 0 Å². The van der Waals surface area contributed by atoms with Crippen molar-refractivity contribution >= 4 is 17.6 Å². The lowest BCUT2D eigenvalue weighted by atomic mass is 10.4. The Labute approximate surface area is 92.4 Å². The highest BCUT2D eigenvalue weighted by Gasteiger charge is 2.04. The van der Waals surface area contributed by atoms with Crippen molar-refractivity contribution in [2.24, 2.45) is 5.73 Å². The van der Waals surface area contributed by atoms with Gasteiger partial charge in [0.2, 0.25) is 5.91 Å². The van der Waals surface area contributed by atoms with Gasteiger partial charge in [-0.2, -0.15) is 0 Å². The average molecular weight is 223 g/mol. The minimum absolute atomic E-state index is 0.0866. The van der Waals surface area contributed by atoms with Gasteiger partial charge in [0.15, 0.2) is 5.69 Å². The normalized spacial score (nSPS) is 9.56. The summed E-state index contributed by atoms with van der Waals surface area (Å²) in [6.45, 7) is 2.52. The Bertz CT molecular complexity index is 376. The van der Waals surface area contributed by atoms with Crippen LogP contribution in [0.1, 0.15) is 17.4 Å². The lowest BCUT2D eigenvalue weighted by Gasteiger charge is -2.04. The first-order valence-corrected chi connectivity index (χ1v) is 4.77. The Balaban J connectivity index is 2.49. The molecule has 7 nitrogen and oxygen atoms in total. The molecule has 0 saturated heterocycles. The molecule has 0 fully saturated rings. The SMILES string of the molecule is CCNC(=O)CNc1ccc(C(N)=O)nn1. The highest BCUT2D eigenvalue weighted by Crippen LogP contribution is 2.00. The average Bonchev–Trinajstić information content (AvgIpc) is 2.27. The molecule has 0 unspecified atom stereocenters. The summed E-state index contributed by atoms with van der Waals surface area (Å²) in [5.41, 5.74) is 5.09. The highest BCUT2D eigenvalue weighted by molar-refractivity contribution is 5.90. The van der Waals surface area contributed by atoms with Crippen molar-refractivity contribution in [3.8, 4) is 0 Å². The Hall–Kier alpha value is -2.18. The predicted molar refractivity (Wildman–Crippen MR) is 57.7 cm³/mol. The van der Waals surface area contributed by atoms with E-state index in [1.165, 1.54) is 12.1 Å². The number of nitrogens with two attached hydrogens (primary N) is 1. The highest BCUT2D eigenvalue weighted by atomic mass is 16.2. The smallest absolute Gasteiger partial charge is 0.269 e. The Morgan fingerprint density at radius 3 is 2.62 bits per heavy atom. The topological polar surface area (TPSA) is 110 Å².